The molecule has 1 unspecified atom stereocenters. The van der Waals surface area contributed by atoms with Crippen molar-refractivity contribution in [2.45, 2.75) is 24.8 Å². The number of nitrogen functional groups attached to an aromatic ring is 1. The number of nitrogens with one attached hydrogen (secondary N) is 1. The lowest BCUT2D eigenvalue weighted by Crippen LogP contribution is -2.32. The van der Waals surface area contributed by atoms with E-state index in [0.29, 0.717) is 12.3 Å². The Labute approximate surface area is 102 Å². The lowest BCUT2D eigenvalue weighted by Gasteiger charge is -2.13. The van der Waals surface area contributed by atoms with E-state index >= 15 is 0 Å². The third-order valence-electron chi connectivity index (χ3n) is 2.20. The highest BCUT2D eigenvalue weighted by Gasteiger charge is 2.14. The quantitative estimate of drug-likeness (QED) is 0.745. The summed E-state index contributed by atoms with van der Waals surface area (Å²) in [6, 6.07) is 6.06. The Kier molecular flexibility index (Phi) is 4.92. The van der Waals surface area contributed by atoms with Gasteiger partial charge in [-0.2, -0.15) is 0 Å². The molecule has 1 aromatic carbocycles. The molecule has 0 aromatic heterocycles. The summed E-state index contributed by atoms with van der Waals surface area (Å²) in [7, 11) is -3.48. The van der Waals surface area contributed by atoms with Crippen LogP contribution in [0.3, 0.4) is 0 Å². The maximum atomic E-state index is 11.8. The lowest BCUT2D eigenvalue weighted by molar-refractivity contribution is 0.0799. The number of nitrogens with two attached hydrogens (primary N) is 1. The van der Waals surface area contributed by atoms with Crippen molar-refractivity contribution >= 4 is 15.7 Å². The summed E-state index contributed by atoms with van der Waals surface area (Å²) in [4.78, 5) is 0.204. The zero-order valence-electron chi connectivity index (χ0n) is 10.0. The van der Waals surface area contributed by atoms with Gasteiger partial charge in [-0.15, -0.1) is 0 Å². The van der Waals surface area contributed by atoms with Crippen molar-refractivity contribution < 1.29 is 13.2 Å². The van der Waals surface area contributed by atoms with Crippen LogP contribution in [0.1, 0.15) is 13.8 Å². The van der Waals surface area contributed by atoms with Crippen molar-refractivity contribution in [3.63, 3.8) is 0 Å². The first kappa shape index (κ1) is 14.0. The third kappa shape index (κ3) is 4.33. The van der Waals surface area contributed by atoms with E-state index in [9.17, 15) is 8.42 Å². The topological polar surface area (TPSA) is 81.4 Å². The van der Waals surface area contributed by atoms with Gasteiger partial charge in [0, 0.05) is 18.8 Å². The minimum absolute atomic E-state index is 0.149. The molecule has 0 bridgehead atoms. The Hall–Kier alpha value is -1.11. The fourth-order valence-corrected chi connectivity index (χ4v) is 2.42. The van der Waals surface area contributed by atoms with E-state index in [1.807, 2.05) is 13.8 Å². The van der Waals surface area contributed by atoms with Gasteiger partial charge in [-0.3, -0.25) is 0 Å². The van der Waals surface area contributed by atoms with Crippen molar-refractivity contribution in [1.82, 2.24) is 4.72 Å². The summed E-state index contributed by atoms with van der Waals surface area (Å²) < 4.78 is 31.4. The maximum absolute atomic E-state index is 11.8. The summed E-state index contributed by atoms with van der Waals surface area (Å²) in [6.45, 7) is 4.49. The number of ether oxygens (including phenoxy) is 1. The molecule has 1 atom stereocenters. The Morgan fingerprint density at radius 1 is 1.35 bits per heavy atom. The molecule has 1 aromatic rings. The SMILES string of the molecule is CCOC(C)CNS(=O)(=O)c1ccc(N)cc1. The molecule has 96 valence electrons. The average Bonchev–Trinajstić information content (AvgIpc) is 2.28. The fourth-order valence-electron chi connectivity index (χ4n) is 1.30. The van der Waals surface area contributed by atoms with Gasteiger partial charge in [0.1, 0.15) is 0 Å². The molecule has 0 radical (unpaired) electrons. The van der Waals surface area contributed by atoms with E-state index < -0.39 is 10.0 Å². The molecular weight excluding hydrogens is 240 g/mol. The van der Waals surface area contributed by atoms with Crippen LogP contribution in [0.5, 0.6) is 0 Å². The van der Waals surface area contributed by atoms with Crippen LogP contribution in [0.15, 0.2) is 29.2 Å². The predicted octanol–water partition coefficient (Wildman–Crippen LogP) is 0.972. The molecule has 0 heterocycles. The first-order valence-corrected chi connectivity index (χ1v) is 6.91. The smallest absolute Gasteiger partial charge is 0.240 e. The van der Waals surface area contributed by atoms with Gasteiger partial charge >= 0.3 is 0 Å². The van der Waals surface area contributed by atoms with Gasteiger partial charge in [0.05, 0.1) is 11.0 Å². The molecule has 0 saturated heterocycles. The van der Waals surface area contributed by atoms with Gasteiger partial charge < -0.3 is 10.5 Å². The summed E-state index contributed by atoms with van der Waals surface area (Å²) in [6.07, 6.45) is -0.149. The first-order valence-electron chi connectivity index (χ1n) is 5.42. The number of benzene rings is 1. The van der Waals surface area contributed by atoms with Crippen LogP contribution in [-0.4, -0.2) is 27.7 Å². The molecule has 0 fully saturated rings. The van der Waals surface area contributed by atoms with Crippen molar-refractivity contribution in [3.8, 4) is 0 Å². The van der Waals surface area contributed by atoms with Crippen LogP contribution in [-0.2, 0) is 14.8 Å². The number of rotatable bonds is 6. The summed E-state index contributed by atoms with van der Waals surface area (Å²) >= 11 is 0. The van der Waals surface area contributed by atoms with Gasteiger partial charge in [-0.05, 0) is 38.1 Å². The second kappa shape index (κ2) is 6.00. The first-order chi connectivity index (χ1) is 7.95. The Bertz CT molecular complexity index is 442. The van der Waals surface area contributed by atoms with Crippen LogP contribution in [0.2, 0.25) is 0 Å². The van der Waals surface area contributed by atoms with E-state index in [-0.39, 0.29) is 17.5 Å². The molecule has 0 aliphatic carbocycles. The van der Waals surface area contributed by atoms with Crippen molar-refractivity contribution in [3.05, 3.63) is 24.3 Å². The maximum Gasteiger partial charge on any atom is 0.240 e. The highest BCUT2D eigenvalue weighted by atomic mass is 32.2. The van der Waals surface area contributed by atoms with E-state index in [1.54, 1.807) is 12.1 Å². The van der Waals surface area contributed by atoms with Crippen molar-refractivity contribution in [2.75, 3.05) is 18.9 Å². The second-order valence-electron chi connectivity index (χ2n) is 3.69. The van der Waals surface area contributed by atoms with E-state index in [0.717, 1.165) is 0 Å². The minimum atomic E-state index is -3.48. The van der Waals surface area contributed by atoms with Gasteiger partial charge in [0.2, 0.25) is 10.0 Å². The largest absolute Gasteiger partial charge is 0.399 e. The van der Waals surface area contributed by atoms with Crippen LogP contribution in [0.4, 0.5) is 5.69 Å². The molecule has 1 rings (SSSR count). The number of hydrogen-bond donors (Lipinski definition) is 2. The van der Waals surface area contributed by atoms with Crippen molar-refractivity contribution in [2.24, 2.45) is 0 Å². The van der Waals surface area contributed by atoms with E-state index in [2.05, 4.69) is 4.72 Å². The Morgan fingerprint density at radius 3 is 2.47 bits per heavy atom. The second-order valence-corrected chi connectivity index (χ2v) is 5.45. The zero-order valence-corrected chi connectivity index (χ0v) is 10.8. The molecule has 0 aliphatic heterocycles. The van der Waals surface area contributed by atoms with E-state index in [4.69, 9.17) is 10.5 Å². The number of sulfonamides is 1. The lowest BCUT2D eigenvalue weighted by atomic mass is 10.3. The third-order valence-corrected chi connectivity index (χ3v) is 3.64. The molecule has 3 N–H and O–H groups in total. The van der Waals surface area contributed by atoms with Gasteiger partial charge in [0.15, 0.2) is 0 Å². The standard InChI is InChI=1S/C11H18N2O3S/c1-3-16-9(2)8-13-17(14,15)11-6-4-10(12)5-7-11/h4-7,9,13H,3,8,12H2,1-2H3. The molecular formula is C11H18N2O3S. The van der Waals surface area contributed by atoms with Gasteiger partial charge in [-0.25, -0.2) is 13.1 Å². The fraction of sp³-hybridized carbons (Fsp3) is 0.455. The monoisotopic (exact) mass is 258 g/mol. The molecule has 0 amide bonds. The van der Waals surface area contributed by atoms with E-state index in [1.165, 1.54) is 12.1 Å². The van der Waals surface area contributed by atoms with Crippen molar-refractivity contribution in [1.29, 1.82) is 0 Å². The number of hydrogen-bond acceptors (Lipinski definition) is 4. The minimum Gasteiger partial charge on any atom is -0.399 e. The summed E-state index contributed by atoms with van der Waals surface area (Å²) in [5.74, 6) is 0. The molecule has 0 spiro atoms. The highest BCUT2D eigenvalue weighted by molar-refractivity contribution is 7.89. The molecule has 5 nitrogen and oxygen atoms in total. The zero-order chi connectivity index (χ0) is 12.9. The molecule has 17 heavy (non-hydrogen) atoms. The Morgan fingerprint density at radius 2 is 1.94 bits per heavy atom. The highest BCUT2D eigenvalue weighted by Crippen LogP contribution is 2.11. The molecule has 0 saturated carbocycles. The van der Waals surface area contributed by atoms with Crippen LogP contribution in [0, 0.1) is 0 Å². The molecule has 6 heteroatoms. The summed E-state index contributed by atoms with van der Waals surface area (Å²) in [5.41, 5.74) is 6.03. The summed E-state index contributed by atoms with van der Waals surface area (Å²) in [5, 5.41) is 0. The molecule has 0 aliphatic rings. The van der Waals surface area contributed by atoms with Crippen LogP contribution >= 0.6 is 0 Å². The van der Waals surface area contributed by atoms with Crippen LogP contribution in [0.25, 0.3) is 0 Å². The van der Waals surface area contributed by atoms with Crippen LogP contribution < -0.4 is 10.5 Å². The van der Waals surface area contributed by atoms with Gasteiger partial charge in [0.25, 0.3) is 0 Å². The normalized spacial score (nSPS) is 13.5. The Balaban J connectivity index is 2.66. The average molecular weight is 258 g/mol. The predicted molar refractivity (Wildman–Crippen MR) is 67.1 cm³/mol. The van der Waals surface area contributed by atoms with Gasteiger partial charge in [-0.1, -0.05) is 0 Å². The number of anilines is 1.